The molecule has 2 heterocycles. The molecule has 5 heteroatoms. The van der Waals surface area contributed by atoms with Crippen molar-refractivity contribution < 1.29 is 4.79 Å². The standard InChI is InChI=1S/C21H26N4O/c1-24(20-13-22-11-12-23-20)19-9-8-17-14-25(15-18(17)19)21(26)10-7-16-5-3-2-4-6-16/h2-6,11-13,17-19H,7-10,14-15H2,1H3/t17-,18+,19-/m1/s1. The number of carbonyl (C=O) groups excluding carboxylic acids is 1. The number of amides is 1. The average molecular weight is 350 g/mol. The van der Waals surface area contributed by atoms with E-state index in [-0.39, 0.29) is 0 Å². The summed E-state index contributed by atoms with van der Waals surface area (Å²) in [5.41, 5.74) is 1.24. The SMILES string of the molecule is CN(c1cnccn1)[C@@H]1CC[C@@H]2CN(C(=O)CCc3ccccc3)C[C@@H]21. The molecule has 26 heavy (non-hydrogen) atoms. The van der Waals surface area contributed by atoms with E-state index in [0.29, 0.717) is 30.2 Å². The van der Waals surface area contributed by atoms with Crippen molar-refractivity contribution in [3.63, 3.8) is 0 Å². The molecule has 0 radical (unpaired) electrons. The summed E-state index contributed by atoms with van der Waals surface area (Å²) in [5.74, 6) is 2.39. The molecule has 2 aromatic rings. The minimum atomic E-state index is 0.296. The first-order chi connectivity index (χ1) is 12.7. The Hall–Kier alpha value is -2.43. The summed E-state index contributed by atoms with van der Waals surface area (Å²) in [6.07, 6.45) is 9.08. The molecule has 1 aliphatic carbocycles. The van der Waals surface area contributed by atoms with E-state index in [1.165, 1.54) is 18.4 Å². The van der Waals surface area contributed by atoms with Gasteiger partial charge in [0.1, 0.15) is 5.82 Å². The zero-order valence-electron chi connectivity index (χ0n) is 15.3. The van der Waals surface area contributed by atoms with Gasteiger partial charge in [-0.05, 0) is 30.7 Å². The van der Waals surface area contributed by atoms with Gasteiger partial charge in [-0.25, -0.2) is 4.98 Å². The zero-order valence-corrected chi connectivity index (χ0v) is 15.3. The summed E-state index contributed by atoms with van der Waals surface area (Å²) in [4.78, 5) is 25.7. The zero-order chi connectivity index (χ0) is 17.9. The highest BCUT2D eigenvalue weighted by atomic mass is 16.2. The minimum absolute atomic E-state index is 0.296. The molecule has 4 rings (SSSR count). The second kappa shape index (κ2) is 7.44. The Bertz CT molecular complexity index is 736. The Morgan fingerprint density at radius 3 is 2.81 bits per heavy atom. The third-order valence-corrected chi connectivity index (χ3v) is 6.05. The maximum atomic E-state index is 12.7. The molecular formula is C21H26N4O. The molecule has 0 N–H and O–H groups in total. The summed E-state index contributed by atoms with van der Waals surface area (Å²) >= 11 is 0. The van der Waals surface area contributed by atoms with E-state index >= 15 is 0 Å². The second-order valence-electron chi connectivity index (χ2n) is 7.53. The molecular weight excluding hydrogens is 324 g/mol. The molecule has 3 atom stereocenters. The Kier molecular flexibility index (Phi) is 4.87. The molecule has 1 amide bonds. The summed E-state index contributed by atoms with van der Waals surface area (Å²) in [6.45, 7) is 1.80. The van der Waals surface area contributed by atoms with Crippen molar-refractivity contribution in [2.75, 3.05) is 25.0 Å². The van der Waals surface area contributed by atoms with Gasteiger partial charge in [0.2, 0.25) is 5.91 Å². The smallest absolute Gasteiger partial charge is 0.222 e. The van der Waals surface area contributed by atoms with E-state index in [1.54, 1.807) is 12.4 Å². The van der Waals surface area contributed by atoms with Crippen molar-refractivity contribution in [3.8, 4) is 0 Å². The molecule has 1 aliphatic heterocycles. The van der Waals surface area contributed by atoms with E-state index in [9.17, 15) is 4.79 Å². The van der Waals surface area contributed by atoms with Gasteiger partial charge in [0.15, 0.2) is 0 Å². The Labute approximate surface area is 155 Å². The average Bonchev–Trinajstić information content (AvgIpc) is 3.28. The summed E-state index contributed by atoms with van der Waals surface area (Å²) < 4.78 is 0. The van der Waals surface area contributed by atoms with Crippen LogP contribution in [0.1, 0.15) is 24.8 Å². The predicted octanol–water partition coefficient (Wildman–Crippen LogP) is 2.78. The molecule has 5 nitrogen and oxygen atoms in total. The van der Waals surface area contributed by atoms with E-state index < -0.39 is 0 Å². The van der Waals surface area contributed by atoms with Crippen molar-refractivity contribution in [2.45, 2.75) is 31.7 Å². The van der Waals surface area contributed by atoms with Crippen LogP contribution >= 0.6 is 0 Å². The monoisotopic (exact) mass is 350 g/mol. The van der Waals surface area contributed by atoms with Gasteiger partial charge in [-0.2, -0.15) is 0 Å². The summed E-state index contributed by atoms with van der Waals surface area (Å²) in [6, 6.07) is 10.7. The molecule has 0 bridgehead atoms. The fraction of sp³-hybridized carbons (Fsp3) is 0.476. The first-order valence-corrected chi connectivity index (χ1v) is 9.53. The van der Waals surface area contributed by atoms with Gasteiger partial charge in [0.25, 0.3) is 0 Å². The van der Waals surface area contributed by atoms with Gasteiger partial charge in [-0.3, -0.25) is 9.78 Å². The number of aryl methyl sites for hydroxylation is 1. The Balaban J connectivity index is 1.36. The lowest BCUT2D eigenvalue weighted by Gasteiger charge is -2.30. The third-order valence-electron chi connectivity index (χ3n) is 6.05. The number of nitrogens with zero attached hydrogens (tertiary/aromatic N) is 4. The van der Waals surface area contributed by atoms with Crippen LogP contribution < -0.4 is 4.90 Å². The topological polar surface area (TPSA) is 49.3 Å². The van der Waals surface area contributed by atoms with Crippen molar-refractivity contribution in [1.82, 2.24) is 14.9 Å². The maximum absolute atomic E-state index is 12.7. The van der Waals surface area contributed by atoms with Gasteiger partial charge in [-0.15, -0.1) is 0 Å². The second-order valence-corrected chi connectivity index (χ2v) is 7.53. The number of fused-ring (bicyclic) bond motifs is 1. The van der Waals surface area contributed by atoms with Gasteiger partial charge in [0, 0.05) is 50.9 Å². The van der Waals surface area contributed by atoms with Crippen LogP contribution in [0.25, 0.3) is 0 Å². The Morgan fingerprint density at radius 1 is 1.19 bits per heavy atom. The van der Waals surface area contributed by atoms with Crippen LogP contribution in [-0.4, -0.2) is 47.0 Å². The number of likely N-dealkylation sites (tertiary alicyclic amines) is 1. The van der Waals surface area contributed by atoms with Crippen LogP contribution in [0.2, 0.25) is 0 Å². The lowest BCUT2D eigenvalue weighted by atomic mass is 9.97. The van der Waals surface area contributed by atoms with Crippen LogP contribution in [0, 0.1) is 11.8 Å². The van der Waals surface area contributed by atoms with E-state index in [2.05, 4.69) is 38.9 Å². The van der Waals surface area contributed by atoms with Crippen LogP contribution in [0.3, 0.4) is 0 Å². The number of hydrogen-bond donors (Lipinski definition) is 0. The first-order valence-electron chi connectivity index (χ1n) is 9.53. The third kappa shape index (κ3) is 3.43. The van der Waals surface area contributed by atoms with Gasteiger partial charge < -0.3 is 9.80 Å². The quantitative estimate of drug-likeness (QED) is 0.832. The number of benzene rings is 1. The number of rotatable bonds is 5. The lowest BCUT2D eigenvalue weighted by Crippen LogP contribution is -2.39. The number of carbonyl (C=O) groups is 1. The molecule has 1 saturated heterocycles. The fourth-order valence-electron chi connectivity index (χ4n) is 4.62. The first kappa shape index (κ1) is 17.0. The highest BCUT2D eigenvalue weighted by Crippen LogP contribution is 2.41. The summed E-state index contributed by atoms with van der Waals surface area (Å²) in [5, 5.41) is 0. The van der Waals surface area contributed by atoms with E-state index in [1.807, 2.05) is 24.4 Å². The van der Waals surface area contributed by atoms with Crippen LogP contribution in [0.4, 0.5) is 5.82 Å². The van der Waals surface area contributed by atoms with Crippen LogP contribution in [0.5, 0.6) is 0 Å². The number of anilines is 1. The maximum Gasteiger partial charge on any atom is 0.222 e. The fourth-order valence-corrected chi connectivity index (χ4v) is 4.62. The largest absolute Gasteiger partial charge is 0.355 e. The van der Waals surface area contributed by atoms with Crippen molar-refractivity contribution in [1.29, 1.82) is 0 Å². The normalized spacial score (nSPS) is 24.5. The molecule has 1 aromatic carbocycles. The Morgan fingerprint density at radius 2 is 2.04 bits per heavy atom. The molecule has 0 spiro atoms. The molecule has 2 fully saturated rings. The van der Waals surface area contributed by atoms with Gasteiger partial charge in [0.05, 0.1) is 6.20 Å². The predicted molar refractivity (Wildman–Crippen MR) is 102 cm³/mol. The highest BCUT2D eigenvalue weighted by molar-refractivity contribution is 5.76. The molecule has 0 unspecified atom stereocenters. The van der Waals surface area contributed by atoms with Crippen molar-refractivity contribution in [3.05, 3.63) is 54.5 Å². The van der Waals surface area contributed by atoms with Crippen molar-refractivity contribution in [2.24, 2.45) is 11.8 Å². The van der Waals surface area contributed by atoms with Gasteiger partial charge >= 0.3 is 0 Å². The van der Waals surface area contributed by atoms with Crippen LogP contribution in [-0.2, 0) is 11.2 Å². The highest BCUT2D eigenvalue weighted by Gasteiger charge is 2.45. The molecule has 1 saturated carbocycles. The lowest BCUT2D eigenvalue weighted by molar-refractivity contribution is -0.130. The minimum Gasteiger partial charge on any atom is -0.355 e. The molecule has 1 aromatic heterocycles. The van der Waals surface area contributed by atoms with Crippen LogP contribution in [0.15, 0.2) is 48.9 Å². The number of hydrogen-bond acceptors (Lipinski definition) is 4. The van der Waals surface area contributed by atoms with Gasteiger partial charge in [-0.1, -0.05) is 30.3 Å². The number of aromatic nitrogens is 2. The molecule has 136 valence electrons. The van der Waals surface area contributed by atoms with E-state index in [0.717, 1.165) is 25.3 Å². The molecule has 2 aliphatic rings. The van der Waals surface area contributed by atoms with Crippen molar-refractivity contribution >= 4 is 11.7 Å². The summed E-state index contributed by atoms with van der Waals surface area (Å²) in [7, 11) is 2.11. The van der Waals surface area contributed by atoms with E-state index in [4.69, 9.17) is 0 Å².